The number of hydrogen-bond donors (Lipinski definition) is 2. The van der Waals surface area contributed by atoms with E-state index in [1.807, 2.05) is 55.4 Å². The van der Waals surface area contributed by atoms with E-state index in [0.29, 0.717) is 24.6 Å². The molecule has 2 rings (SSSR count). The number of hydrogen-bond acceptors (Lipinski definition) is 5. The molecule has 0 saturated heterocycles. The molecule has 0 unspecified atom stereocenters. The number of aliphatic hydroxyl groups is 1. The van der Waals surface area contributed by atoms with Crippen LogP contribution in [0.15, 0.2) is 46.9 Å². The maximum Gasteiger partial charge on any atom is 0.322 e. The Morgan fingerprint density at radius 1 is 1.17 bits per heavy atom. The van der Waals surface area contributed by atoms with Gasteiger partial charge in [0, 0.05) is 24.1 Å². The average Bonchev–Trinajstić information content (AvgIpc) is 2.69. The van der Waals surface area contributed by atoms with Gasteiger partial charge in [-0.3, -0.25) is 0 Å². The molecule has 2 amide bonds. The van der Waals surface area contributed by atoms with Crippen LogP contribution in [0.5, 0.6) is 11.5 Å². The number of nitrogens with zero attached hydrogens (tertiary/aromatic N) is 2. The van der Waals surface area contributed by atoms with Gasteiger partial charge in [-0.05, 0) is 50.0 Å². The normalized spacial score (nSPS) is 10.7. The lowest BCUT2D eigenvalue weighted by Crippen LogP contribution is -2.36. The zero-order chi connectivity index (χ0) is 21.2. The number of halogens is 1. The molecule has 7 nitrogen and oxygen atoms in total. The number of urea groups is 1. The highest BCUT2D eigenvalue weighted by Crippen LogP contribution is 2.29. The maximum atomic E-state index is 12.9. The Hall–Kier alpha value is -2.29. The van der Waals surface area contributed by atoms with Gasteiger partial charge in [0.1, 0.15) is 18.1 Å². The van der Waals surface area contributed by atoms with Gasteiger partial charge in [0.2, 0.25) is 0 Å². The fourth-order valence-corrected chi connectivity index (χ4v) is 2.96. The van der Waals surface area contributed by atoms with Gasteiger partial charge >= 0.3 is 6.03 Å². The van der Waals surface area contributed by atoms with E-state index in [1.165, 1.54) is 0 Å². The van der Waals surface area contributed by atoms with Crippen molar-refractivity contribution in [3.63, 3.8) is 0 Å². The van der Waals surface area contributed by atoms with Gasteiger partial charge in [0.25, 0.3) is 0 Å². The lowest BCUT2D eigenvalue weighted by Gasteiger charge is -2.23. The van der Waals surface area contributed by atoms with Gasteiger partial charge < -0.3 is 29.7 Å². The summed E-state index contributed by atoms with van der Waals surface area (Å²) in [6.45, 7) is 1.67. The molecular formula is C21H28BrN3O4. The first-order chi connectivity index (χ1) is 13.9. The predicted octanol–water partition coefficient (Wildman–Crippen LogP) is 3.42. The van der Waals surface area contributed by atoms with E-state index in [0.717, 1.165) is 22.3 Å². The minimum absolute atomic E-state index is 0.135. The summed E-state index contributed by atoms with van der Waals surface area (Å²) in [6, 6.07) is 12.6. The van der Waals surface area contributed by atoms with Crippen LogP contribution < -0.4 is 14.8 Å². The Morgan fingerprint density at radius 2 is 1.97 bits per heavy atom. The quantitative estimate of drug-likeness (QED) is 0.562. The summed E-state index contributed by atoms with van der Waals surface area (Å²) in [5.74, 6) is 1.30. The second kappa shape index (κ2) is 11.6. The molecule has 0 aliphatic rings. The summed E-state index contributed by atoms with van der Waals surface area (Å²) in [6.07, 6.45) is 0. The lowest BCUT2D eigenvalue weighted by atomic mass is 10.2. The van der Waals surface area contributed by atoms with E-state index in [1.54, 1.807) is 18.1 Å². The molecule has 0 spiro atoms. The summed E-state index contributed by atoms with van der Waals surface area (Å²) >= 11 is 3.44. The van der Waals surface area contributed by atoms with Crippen LogP contribution in [0.25, 0.3) is 0 Å². The van der Waals surface area contributed by atoms with Crippen LogP contribution in [-0.2, 0) is 6.54 Å². The molecule has 0 fully saturated rings. The van der Waals surface area contributed by atoms with E-state index in [2.05, 4.69) is 21.2 Å². The van der Waals surface area contributed by atoms with Crippen LogP contribution in [0.4, 0.5) is 10.5 Å². The fourth-order valence-electron chi connectivity index (χ4n) is 2.62. The molecule has 158 valence electrons. The molecule has 2 aromatic rings. The van der Waals surface area contributed by atoms with Crippen molar-refractivity contribution in [2.45, 2.75) is 6.54 Å². The van der Waals surface area contributed by atoms with Gasteiger partial charge in [-0.15, -0.1) is 0 Å². The summed E-state index contributed by atoms with van der Waals surface area (Å²) in [5, 5.41) is 12.3. The standard InChI is InChI=1S/C21H28BrN3O4/c1-24(2)10-12-29-20-14-17(22)7-8-19(20)23-21(27)25(9-11-26)15-16-5-4-6-18(13-16)28-3/h4-8,13-14,26H,9-12,15H2,1-3H3,(H,23,27). The van der Waals surface area contributed by atoms with Crippen molar-refractivity contribution in [2.75, 3.05) is 52.8 Å². The minimum atomic E-state index is -0.318. The van der Waals surface area contributed by atoms with E-state index in [-0.39, 0.29) is 19.2 Å². The molecular weight excluding hydrogens is 438 g/mol. The number of nitrogens with one attached hydrogen (secondary N) is 1. The second-order valence-corrected chi connectivity index (χ2v) is 7.63. The van der Waals surface area contributed by atoms with Crippen molar-refractivity contribution in [1.29, 1.82) is 0 Å². The number of methoxy groups -OCH3 is 1. The third-order valence-corrected chi connectivity index (χ3v) is 4.64. The van der Waals surface area contributed by atoms with Gasteiger partial charge in [-0.25, -0.2) is 4.79 Å². The van der Waals surface area contributed by atoms with Gasteiger partial charge in [-0.1, -0.05) is 28.1 Å². The number of anilines is 1. The van der Waals surface area contributed by atoms with Gasteiger partial charge in [0.15, 0.2) is 0 Å². The van der Waals surface area contributed by atoms with Gasteiger partial charge in [0.05, 0.1) is 19.4 Å². The molecule has 0 bridgehead atoms. The predicted molar refractivity (Wildman–Crippen MR) is 118 cm³/mol. The molecule has 0 radical (unpaired) electrons. The van der Waals surface area contributed by atoms with Crippen LogP contribution in [0, 0.1) is 0 Å². The first kappa shape index (κ1) is 23.0. The second-order valence-electron chi connectivity index (χ2n) is 6.72. The number of benzene rings is 2. The molecule has 29 heavy (non-hydrogen) atoms. The Kier molecular flexibility index (Phi) is 9.24. The van der Waals surface area contributed by atoms with Crippen molar-refractivity contribution < 1.29 is 19.4 Å². The summed E-state index contributed by atoms with van der Waals surface area (Å²) < 4.78 is 11.9. The molecule has 0 heterocycles. The van der Waals surface area contributed by atoms with Crippen molar-refractivity contribution >= 4 is 27.6 Å². The molecule has 0 aliphatic carbocycles. The highest BCUT2D eigenvalue weighted by atomic mass is 79.9. The minimum Gasteiger partial charge on any atom is -0.497 e. The molecule has 2 aromatic carbocycles. The maximum absolute atomic E-state index is 12.9. The molecule has 2 N–H and O–H groups in total. The van der Waals surface area contributed by atoms with E-state index < -0.39 is 0 Å². The molecule has 0 atom stereocenters. The van der Waals surface area contributed by atoms with Crippen LogP contribution in [0.2, 0.25) is 0 Å². The first-order valence-electron chi connectivity index (χ1n) is 9.29. The summed E-state index contributed by atoms with van der Waals surface area (Å²) in [7, 11) is 5.54. The van der Waals surface area contributed by atoms with Crippen molar-refractivity contribution in [2.24, 2.45) is 0 Å². The summed E-state index contributed by atoms with van der Waals surface area (Å²) in [4.78, 5) is 16.4. The zero-order valence-electron chi connectivity index (χ0n) is 17.0. The number of aliphatic hydroxyl groups excluding tert-OH is 1. The van der Waals surface area contributed by atoms with Crippen LogP contribution in [-0.4, -0.2) is 68.4 Å². The van der Waals surface area contributed by atoms with Crippen LogP contribution in [0.3, 0.4) is 0 Å². The van der Waals surface area contributed by atoms with Crippen molar-refractivity contribution in [1.82, 2.24) is 9.80 Å². The largest absolute Gasteiger partial charge is 0.497 e. The smallest absolute Gasteiger partial charge is 0.322 e. The number of carbonyl (C=O) groups excluding carboxylic acids is 1. The van der Waals surface area contributed by atoms with Crippen molar-refractivity contribution in [3.8, 4) is 11.5 Å². The fraction of sp³-hybridized carbons (Fsp3) is 0.381. The third-order valence-electron chi connectivity index (χ3n) is 4.15. The Bertz CT molecular complexity index is 801. The average molecular weight is 466 g/mol. The monoisotopic (exact) mass is 465 g/mol. The van der Waals surface area contributed by atoms with Gasteiger partial charge in [-0.2, -0.15) is 0 Å². The van der Waals surface area contributed by atoms with Crippen LogP contribution in [0.1, 0.15) is 5.56 Å². The Morgan fingerprint density at radius 3 is 2.66 bits per heavy atom. The number of carbonyl (C=O) groups is 1. The Balaban J connectivity index is 2.12. The number of ether oxygens (including phenoxy) is 2. The summed E-state index contributed by atoms with van der Waals surface area (Å²) in [5.41, 5.74) is 1.48. The molecule has 0 aromatic heterocycles. The molecule has 8 heteroatoms. The molecule has 0 aliphatic heterocycles. The molecule has 0 saturated carbocycles. The third kappa shape index (κ3) is 7.56. The highest BCUT2D eigenvalue weighted by molar-refractivity contribution is 9.10. The highest BCUT2D eigenvalue weighted by Gasteiger charge is 2.16. The zero-order valence-corrected chi connectivity index (χ0v) is 18.6. The van der Waals surface area contributed by atoms with Crippen molar-refractivity contribution in [3.05, 3.63) is 52.5 Å². The number of likely N-dealkylation sites (N-methyl/N-ethyl adjacent to an activating group) is 1. The first-order valence-corrected chi connectivity index (χ1v) is 10.1. The van der Waals surface area contributed by atoms with E-state index >= 15 is 0 Å². The SMILES string of the molecule is COc1cccc(CN(CCO)C(=O)Nc2ccc(Br)cc2OCCN(C)C)c1. The van der Waals surface area contributed by atoms with E-state index in [4.69, 9.17) is 9.47 Å². The van der Waals surface area contributed by atoms with E-state index in [9.17, 15) is 9.90 Å². The Labute approximate surface area is 180 Å². The topological polar surface area (TPSA) is 74.3 Å². The number of rotatable bonds is 10. The lowest BCUT2D eigenvalue weighted by molar-refractivity contribution is 0.185. The van der Waals surface area contributed by atoms with Crippen LogP contribution >= 0.6 is 15.9 Å². The number of amides is 2.